The fourth-order valence-corrected chi connectivity index (χ4v) is 2.37. The number of carboxylic acids is 1. The maximum atomic E-state index is 11.6. The highest BCUT2D eigenvalue weighted by Gasteiger charge is 2.43. The van der Waals surface area contributed by atoms with E-state index in [9.17, 15) is 9.59 Å². The molecule has 1 fully saturated rings. The molecule has 1 heterocycles. The molecule has 1 unspecified atom stereocenters. The molecule has 0 radical (unpaired) electrons. The maximum Gasteiger partial charge on any atom is 0.317 e. The Balaban J connectivity index is 2.22. The number of carbonyl (C=O) groups is 2. The van der Waals surface area contributed by atoms with Crippen molar-refractivity contribution >= 4 is 33.5 Å². The number of halogens is 1. The number of nitrogens with zero attached hydrogens (tertiary/aromatic N) is 1. The number of aryl methyl sites for hydroxylation is 1. The summed E-state index contributed by atoms with van der Waals surface area (Å²) in [6.45, 7) is 2.20. The number of hydrogen-bond donors (Lipinski definition) is 1. The Bertz CT molecular complexity index is 472. The first-order valence-corrected chi connectivity index (χ1v) is 5.60. The van der Waals surface area contributed by atoms with E-state index in [-0.39, 0.29) is 12.5 Å². The summed E-state index contributed by atoms with van der Waals surface area (Å²) in [5.74, 6) is -2.28. The molecule has 0 aliphatic carbocycles. The van der Waals surface area contributed by atoms with Crippen molar-refractivity contribution < 1.29 is 14.7 Å². The fourth-order valence-electron chi connectivity index (χ4n) is 1.66. The third-order valence-electron chi connectivity index (χ3n) is 2.62. The van der Waals surface area contributed by atoms with Crippen LogP contribution >= 0.6 is 15.9 Å². The van der Waals surface area contributed by atoms with Crippen LogP contribution in [0.4, 0.5) is 5.69 Å². The summed E-state index contributed by atoms with van der Waals surface area (Å²) in [5.41, 5.74) is 1.81. The quantitative estimate of drug-likeness (QED) is 0.665. The Labute approximate surface area is 101 Å². The number of rotatable bonds is 2. The molecular formula is C11H10BrNO3. The summed E-state index contributed by atoms with van der Waals surface area (Å²) in [6.07, 6.45) is 0. The number of benzene rings is 1. The summed E-state index contributed by atoms with van der Waals surface area (Å²) in [5, 5.41) is 8.72. The first-order chi connectivity index (χ1) is 7.50. The number of amides is 1. The van der Waals surface area contributed by atoms with Gasteiger partial charge in [0.05, 0.1) is 5.69 Å². The molecular weight excluding hydrogens is 274 g/mol. The molecule has 1 N–H and O–H groups in total. The lowest BCUT2D eigenvalue weighted by molar-refractivity contribution is -0.149. The SMILES string of the molecule is Cc1ccc(N2CC(C(=O)O)C2=O)c(Br)c1. The van der Waals surface area contributed by atoms with Crippen LogP contribution in [0.25, 0.3) is 0 Å². The first kappa shape index (κ1) is 11.1. The first-order valence-electron chi connectivity index (χ1n) is 4.81. The van der Waals surface area contributed by atoms with Gasteiger partial charge in [-0.25, -0.2) is 0 Å². The fraction of sp³-hybridized carbons (Fsp3) is 0.273. The van der Waals surface area contributed by atoms with Crippen LogP contribution in [0.5, 0.6) is 0 Å². The van der Waals surface area contributed by atoms with Gasteiger partial charge < -0.3 is 10.0 Å². The highest BCUT2D eigenvalue weighted by molar-refractivity contribution is 9.10. The third kappa shape index (κ3) is 1.71. The Morgan fingerprint density at radius 3 is 2.75 bits per heavy atom. The number of aliphatic carboxylic acids is 1. The van der Waals surface area contributed by atoms with Crippen LogP contribution < -0.4 is 4.90 Å². The van der Waals surface area contributed by atoms with Crippen molar-refractivity contribution in [1.29, 1.82) is 0 Å². The van der Waals surface area contributed by atoms with Gasteiger partial charge in [0.1, 0.15) is 0 Å². The highest BCUT2D eigenvalue weighted by atomic mass is 79.9. The van der Waals surface area contributed by atoms with Crippen molar-refractivity contribution in [2.75, 3.05) is 11.4 Å². The van der Waals surface area contributed by atoms with E-state index in [1.807, 2.05) is 25.1 Å². The number of anilines is 1. The Morgan fingerprint density at radius 1 is 1.56 bits per heavy atom. The summed E-state index contributed by atoms with van der Waals surface area (Å²) in [7, 11) is 0. The average molecular weight is 284 g/mol. The molecule has 1 amide bonds. The van der Waals surface area contributed by atoms with E-state index in [2.05, 4.69) is 15.9 Å². The van der Waals surface area contributed by atoms with Gasteiger partial charge in [0.25, 0.3) is 0 Å². The zero-order valence-corrected chi connectivity index (χ0v) is 10.2. The normalized spacial score (nSPS) is 19.5. The smallest absolute Gasteiger partial charge is 0.317 e. The highest BCUT2D eigenvalue weighted by Crippen LogP contribution is 2.33. The van der Waals surface area contributed by atoms with Crippen LogP contribution in [-0.2, 0) is 9.59 Å². The second-order valence-electron chi connectivity index (χ2n) is 3.79. The van der Waals surface area contributed by atoms with Gasteiger partial charge in [-0.3, -0.25) is 9.59 Å². The molecule has 0 saturated carbocycles. The van der Waals surface area contributed by atoms with E-state index in [0.29, 0.717) is 0 Å². The van der Waals surface area contributed by atoms with Gasteiger partial charge >= 0.3 is 5.97 Å². The van der Waals surface area contributed by atoms with Crippen LogP contribution in [0.15, 0.2) is 22.7 Å². The van der Waals surface area contributed by atoms with Crippen molar-refractivity contribution in [2.24, 2.45) is 5.92 Å². The average Bonchev–Trinajstić information content (AvgIpc) is 2.18. The van der Waals surface area contributed by atoms with Crippen molar-refractivity contribution in [2.45, 2.75) is 6.92 Å². The van der Waals surface area contributed by atoms with Gasteiger partial charge in [0, 0.05) is 11.0 Å². The molecule has 1 aromatic rings. The number of β-lactam (4-membered cyclic amide) rings is 1. The number of carbonyl (C=O) groups excluding carboxylic acids is 1. The molecule has 1 aromatic carbocycles. The van der Waals surface area contributed by atoms with Crippen molar-refractivity contribution in [3.05, 3.63) is 28.2 Å². The van der Waals surface area contributed by atoms with Crippen molar-refractivity contribution in [3.63, 3.8) is 0 Å². The molecule has 84 valence electrons. The third-order valence-corrected chi connectivity index (χ3v) is 3.26. The van der Waals surface area contributed by atoms with Crippen molar-refractivity contribution in [3.8, 4) is 0 Å². The van der Waals surface area contributed by atoms with Crippen molar-refractivity contribution in [1.82, 2.24) is 0 Å². The summed E-state index contributed by atoms with van der Waals surface area (Å²) in [4.78, 5) is 23.7. The van der Waals surface area contributed by atoms with Gasteiger partial charge in [-0.05, 0) is 40.5 Å². The van der Waals surface area contributed by atoms with Gasteiger partial charge in [-0.15, -0.1) is 0 Å². The van der Waals surface area contributed by atoms with E-state index in [1.165, 1.54) is 4.90 Å². The Kier molecular flexibility index (Phi) is 2.71. The zero-order valence-electron chi connectivity index (χ0n) is 8.61. The van der Waals surface area contributed by atoms with Gasteiger partial charge in [0.2, 0.25) is 5.91 Å². The van der Waals surface area contributed by atoms with E-state index in [0.717, 1.165) is 15.7 Å². The number of carboxylic acid groups (broad SMARTS) is 1. The van der Waals surface area contributed by atoms with E-state index in [1.54, 1.807) is 0 Å². The topological polar surface area (TPSA) is 57.6 Å². The molecule has 5 heteroatoms. The molecule has 0 spiro atoms. The lowest BCUT2D eigenvalue weighted by Crippen LogP contribution is -2.56. The molecule has 0 aromatic heterocycles. The summed E-state index contributed by atoms with van der Waals surface area (Å²) in [6, 6.07) is 5.60. The molecule has 4 nitrogen and oxygen atoms in total. The standard InChI is InChI=1S/C11H10BrNO3/c1-6-2-3-9(8(12)4-6)13-5-7(10(13)14)11(15)16/h2-4,7H,5H2,1H3,(H,15,16). The van der Waals surface area contributed by atoms with Gasteiger partial charge in [-0.2, -0.15) is 0 Å². The van der Waals surface area contributed by atoms with Gasteiger partial charge in [-0.1, -0.05) is 6.07 Å². The maximum absolute atomic E-state index is 11.6. The largest absolute Gasteiger partial charge is 0.481 e. The zero-order chi connectivity index (χ0) is 11.9. The Hall–Kier alpha value is -1.36. The predicted molar refractivity (Wildman–Crippen MR) is 62.4 cm³/mol. The van der Waals surface area contributed by atoms with E-state index in [4.69, 9.17) is 5.11 Å². The lowest BCUT2D eigenvalue weighted by atomic mass is 9.98. The minimum atomic E-state index is -1.05. The van der Waals surface area contributed by atoms with E-state index < -0.39 is 11.9 Å². The second kappa shape index (κ2) is 3.90. The van der Waals surface area contributed by atoms with Crippen LogP contribution in [0.1, 0.15) is 5.56 Å². The Morgan fingerprint density at radius 2 is 2.25 bits per heavy atom. The molecule has 1 saturated heterocycles. The van der Waals surface area contributed by atoms with Crippen LogP contribution in [-0.4, -0.2) is 23.5 Å². The molecule has 0 bridgehead atoms. The minimum Gasteiger partial charge on any atom is -0.481 e. The predicted octanol–water partition coefficient (Wildman–Crippen LogP) is 1.80. The molecule has 2 rings (SSSR count). The summed E-state index contributed by atoms with van der Waals surface area (Å²) >= 11 is 3.37. The molecule has 1 atom stereocenters. The van der Waals surface area contributed by atoms with Crippen LogP contribution in [0.2, 0.25) is 0 Å². The monoisotopic (exact) mass is 283 g/mol. The summed E-state index contributed by atoms with van der Waals surface area (Å²) < 4.78 is 0.810. The molecule has 1 aliphatic heterocycles. The van der Waals surface area contributed by atoms with Gasteiger partial charge in [0.15, 0.2) is 5.92 Å². The van der Waals surface area contributed by atoms with E-state index >= 15 is 0 Å². The van der Waals surface area contributed by atoms with Crippen LogP contribution in [0.3, 0.4) is 0 Å². The number of hydrogen-bond acceptors (Lipinski definition) is 2. The van der Waals surface area contributed by atoms with Crippen LogP contribution in [0, 0.1) is 12.8 Å². The molecule has 1 aliphatic rings. The second-order valence-corrected chi connectivity index (χ2v) is 4.65. The lowest BCUT2D eigenvalue weighted by Gasteiger charge is -2.36. The minimum absolute atomic E-state index is 0.246. The molecule has 16 heavy (non-hydrogen) atoms.